The molecular weight excluding hydrogens is 457 g/mol. The summed E-state index contributed by atoms with van der Waals surface area (Å²) in [6.45, 7) is 1.72. The number of halogens is 2. The second-order valence-electron chi connectivity index (χ2n) is 8.24. The van der Waals surface area contributed by atoms with Crippen molar-refractivity contribution in [3.8, 4) is 0 Å². The van der Waals surface area contributed by atoms with Crippen molar-refractivity contribution < 1.29 is 14.4 Å². The van der Waals surface area contributed by atoms with Crippen LogP contribution in [-0.2, 0) is 9.59 Å². The number of amides is 3. The largest absolute Gasteiger partial charge is 0.356 e. The fourth-order valence-electron chi connectivity index (χ4n) is 3.73. The molecule has 6 nitrogen and oxygen atoms in total. The van der Waals surface area contributed by atoms with Gasteiger partial charge in [-0.05, 0) is 68.2 Å². The first kappa shape index (κ1) is 24.2. The van der Waals surface area contributed by atoms with Crippen molar-refractivity contribution in [3.05, 3.63) is 33.8 Å². The van der Waals surface area contributed by atoms with Crippen molar-refractivity contribution in [3.63, 3.8) is 0 Å². The van der Waals surface area contributed by atoms with Crippen molar-refractivity contribution in [2.45, 2.75) is 38.1 Å². The predicted molar refractivity (Wildman–Crippen MR) is 126 cm³/mol. The Morgan fingerprint density at radius 3 is 2.68 bits per heavy atom. The number of carbonyl (C=O) groups excluding carboxylic acids is 3. The average Bonchev–Trinajstić information content (AvgIpc) is 3.59. The molecule has 2 unspecified atom stereocenters. The average molecular weight is 486 g/mol. The number of nitrogens with zero attached hydrogens (tertiary/aromatic N) is 1. The molecule has 0 radical (unpaired) electrons. The molecule has 0 aromatic heterocycles. The minimum atomic E-state index is -0.667. The van der Waals surface area contributed by atoms with Crippen LogP contribution in [0.5, 0.6) is 0 Å². The zero-order valence-electron chi connectivity index (χ0n) is 17.7. The Bertz CT molecular complexity index is 819. The van der Waals surface area contributed by atoms with Gasteiger partial charge in [0.25, 0.3) is 5.91 Å². The van der Waals surface area contributed by atoms with Crippen LogP contribution in [0.15, 0.2) is 18.2 Å². The third kappa shape index (κ3) is 7.02. The lowest BCUT2D eigenvalue weighted by Gasteiger charge is -2.34. The zero-order chi connectivity index (χ0) is 22.4. The van der Waals surface area contributed by atoms with E-state index >= 15 is 0 Å². The Kier molecular flexibility index (Phi) is 8.93. The van der Waals surface area contributed by atoms with Gasteiger partial charge in [-0.15, -0.1) is 0 Å². The number of hydrogen-bond donors (Lipinski definition) is 2. The normalized spacial score (nSPS) is 19.6. The number of nitrogens with one attached hydrogen (secondary N) is 2. The Balaban J connectivity index is 1.63. The fraction of sp³-hybridized carbons (Fsp3) is 0.591. The van der Waals surface area contributed by atoms with Crippen LogP contribution >= 0.6 is 35.0 Å². The minimum Gasteiger partial charge on any atom is -0.356 e. The highest BCUT2D eigenvalue weighted by Gasteiger charge is 2.33. The molecule has 9 heteroatoms. The van der Waals surface area contributed by atoms with Gasteiger partial charge in [-0.3, -0.25) is 14.4 Å². The number of benzene rings is 1. The standard InChI is InChI=1S/C22H29Cl2N3O3S/c1-31-10-8-19(26-21(29)17-7-6-16(23)11-18(17)24)22(30)27-9-2-3-15(13-27)20(28)25-12-14-4-5-14/h6-7,11,14-15,19H,2-5,8-10,12-13H2,1H3,(H,25,28)(H,26,29). The Labute approximate surface area is 197 Å². The summed E-state index contributed by atoms with van der Waals surface area (Å²) in [6.07, 6.45) is 6.39. The van der Waals surface area contributed by atoms with E-state index in [9.17, 15) is 14.4 Å². The molecule has 31 heavy (non-hydrogen) atoms. The Morgan fingerprint density at radius 1 is 1.23 bits per heavy atom. The van der Waals surface area contributed by atoms with Crippen LogP contribution in [0.3, 0.4) is 0 Å². The van der Waals surface area contributed by atoms with E-state index in [1.165, 1.54) is 18.9 Å². The first-order valence-electron chi connectivity index (χ1n) is 10.7. The summed E-state index contributed by atoms with van der Waals surface area (Å²) >= 11 is 13.7. The highest BCUT2D eigenvalue weighted by atomic mass is 35.5. The molecule has 2 fully saturated rings. The van der Waals surface area contributed by atoms with Gasteiger partial charge in [0, 0.05) is 24.7 Å². The molecule has 1 saturated heterocycles. The van der Waals surface area contributed by atoms with Gasteiger partial charge in [-0.25, -0.2) is 0 Å². The first-order valence-corrected chi connectivity index (χ1v) is 12.9. The van der Waals surface area contributed by atoms with Crippen LogP contribution < -0.4 is 10.6 Å². The van der Waals surface area contributed by atoms with Crippen molar-refractivity contribution in [1.29, 1.82) is 0 Å². The summed E-state index contributed by atoms with van der Waals surface area (Å²) in [5.74, 6) is 0.630. The van der Waals surface area contributed by atoms with Gasteiger partial charge in [0.05, 0.1) is 16.5 Å². The van der Waals surface area contributed by atoms with Gasteiger partial charge in [-0.2, -0.15) is 11.8 Å². The lowest BCUT2D eigenvalue weighted by Crippen LogP contribution is -2.53. The number of hydrogen-bond acceptors (Lipinski definition) is 4. The summed E-state index contributed by atoms with van der Waals surface area (Å²) in [7, 11) is 0. The van der Waals surface area contributed by atoms with Crippen LogP contribution in [-0.4, -0.2) is 60.3 Å². The van der Waals surface area contributed by atoms with Crippen molar-refractivity contribution in [2.24, 2.45) is 11.8 Å². The number of rotatable bonds is 9. The molecule has 1 saturated carbocycles. The molecule has 0 spiro atoms. The van der Waals surface area contributed by atoms with E-state index in [0.29, 0.717) is 30.5 Å². The highest BCUT2D eigenvalue weighted by molar-refractivity contribution is 7.98. The fourth-order valence-corrected chi connectivity index (χ4v) is 4.69. The van der Waals surface area contributed by atoms with Crippen molar-refractivity contribution in [2.75, 3.05) is 31.6 Å². The maximum atomic E-state index is 13.3. The number of thioether (sulfide) groups is 1. The van der Waals surface area contributed by atoms with E-state index in [4.69, 9.17) is 23.2 Å². The van der Waals surface area contributed by atoms with E-state index in [0.717, 1.165) is 25.1 Å². The summed E-state index contributed by atoms with van der Waals surface area (Å²) in [5.41, 5.74) is 0.281. The quantitative estimate of drug-likeness (QED) is 0.559. The van der Waals surface area contributed by atoms with Crippen LogP contribution in [0.25, 0.3) is 0 Å². The monoisotopic (exact) mass is 485 g/mol. The van der Waals surface area contributed by atoms with Crippen molar-refractivity contribution in [1.82, 2.24) is 15.5 Å². The van der Waals surface area contributed by atoms with Crippen LogP contribution in [0, 0.1) is 11.8 Å². The second-order valence-corrected chi connectivity index (χ2v) is 10.1. The molecule has 3 rings (SSSR count). The summed E-state index contributed by atoms with van der Waals surface area (Å²) in [4.78, 5) is 40.3. The topological polar surface area (TPSA) is 78.5 Å². The molecule has 1 aromatic carbocycles. The molecule has 0 bridgehead atoms. The molecule has 1 aliphatic carbocycles. The molecule has 2 atom stereocenters. The van der Waals surface area contributed by atoms with Gasteiger partial charge in [0.15, 0.2) is 0 Å². The maximum Gasteiger partial charge on any atom is 0.253 e. The molecule has 2 N–H and O–H groups in total. The van der Waals surface area contributed by atoms with Crippen LogP contribution in [0.4, 0.5) is 0 Å². The molecular formula is C22H29Cl2N3O3S. The predicted octanol–water partition coefficient (Wildman–Crippen LogP) is 3.61. The van der Waals surface area contributed by atoms with Gasteiger partial charge >= 0.3 is 0 Å². The van der Waals surface area contributed by atoms with E-state index in [2.05, 4.69) is 10.6 Å². The Morgan fingerprint density at radius 2 is 2.00 bits per heavy atom. The zero-order valence-corrected chi connectivity index (χ0v) is 20.0. The molecule has 1 heterocycles. The first-order chi connectivity index (χ1) is 14.9. The smallest absolute Gasteiger partial charge is 0.253 e. The van der Waals surface area contributed by atoms with E-state index in [-0.39, 0.29) is 28.3 Å². The van der Waals surface area contributed by atoms with Crippen molar-refractivity contribution >= 4 is 52.7 Å². The molecule has 1 aliphatic heterocycles. The lowest BCUT2D eigenvalue weighted by molar-refractivity contribution is -0.137. The number of piperidine rings is 1. The molecule has 170 valence electrons. The number of carbonyl (C=O) groups is 3. The molecule has 2 aliphatic rings. The number of likely N-dealkylation sites (tertiary alicyclic amines) is 1. The van der Waals surface area contributed by atoms with Crippen LogP contribution in [0.2, 0.25) is 10.0 Å². The van der Waals surface area contributed by atoms with E-state index in [1.54, 1.807) is 28.8 Å². The SMILES string of the molecule is CSCCC(NC(=O)c1ccc(Cl)cc1Cl)C(=O)N1CCCC(C(=O)NCC2CC2)C1. The maximum absolute atomic E-state index is 13.3. The van der Waals surface area contributed by atoms with E-state index in [1.807, 2.05) is 6.26 Å². The molecule has 3 amide bonds. The third-order valence-electron chi connectivity index (χ3n) is 5.76. The van der Waals surface area contributed by atoms with Gasteiger partial charge in [0.1, 0.15) is 6.04 Å². The summed E-state index contributed by atoms with van der Waals surface area (Å²) < 4.78 is 0. The van der Waals surface area contributed by atoms with Gasteiger partial charge < -0.3 is 15.5 Å². The second kappa shape index (κ2) is 11.4. The summed E-state index contributed by atoms with van der Waals surface area (Å²) in [5, 5.41) is 6.56. The molecule has 1 aromatic rings. The lowest BCUT2D eigenvalue weighted by atomic mass is 9.96. The highest BCUT2D eigenvalue weighted by Crippen LogP contribution is 2.28. The van der Waals surface area contributed by atoms with Crippen LogP contribution in [0.1, 0.15) is 42.5 Å². The Hall–Kier alpha value is -1.44. The van der Waals surface area contributed by atoms with Gasteiger partial charge in [0.2, 0.25) is 11.8 Å². The van der Waals surface area contributed by atoms with Gasteiger partial charge in [-0.1, -0.05) is 23.2 Å². The summed E-state index contributed by atoms with van der Waals surface area (Å²) in [6, 6.07) is 3.99. The minimum absolute atomic E-state index is 0.0297. The third-order valence-corrected chi connectivity index (χ3v) is 6.95. The van der Waals surface area contributed by atoms with E-state index < -0.39 is 11.9 Å².